The SMILES string of the molecule is CCCCCCN1C(=O)/C(=C/c2c(N3CCN(Cc4ccccc4)CC3)nc3ccc(C)cn3c2=O)SC1=S. The van der Waals surface area contributed by atoms with Gasteiger partial charge in [0.2, 0.25) is 0 Å². The lowest BCUT2D eigenvalue weighted by molar-refractivity contribution is -0.122. The fourth-order valence-electron chi connectivity index (χ4n) is 5.09. The van der Waals surface area contributed by atoms with E-state index in [-0.39, 0.29) is 11.5 Å². The van der Waals surface area contributed by atoms with Gasteiger partial charge in [-0.3, -0.25) is 23.8 Å². The third kappa shape index (κ3) is 6.26. The minimum atomic E-state index is -0.168. The van der Waals surface area contributed by atoms with E-state index < -0.39 is 0 Å². The molecule has 0 atom stereocenters. The molecule has 9 heteroatoms. The molecule has 5 rings (SSSR count). The molecule has 2 aliphatic heterocycles. The van der Waals surface area contributed by atoms with Gasteiger partial charge in [0.25, 0.3) is 11.5 Å². The highest BCUT2D eigenvalue weighted by atomic mass is 32.2. The Balaban J connectivity index is 1.43. The third-order valence-electron chi connectivity index (χ3n) is 7.29. The maximum absolute atomic E-state index is 13.8. The van der Waals surface area contributed by atoms with Crippen LogP contribution in [0.3, 0.4) is 0 Å². The lowest BCUT2D eigenvalue weighted by Gasteiger charge is -2.36. The van der Waals surface area contributed by atoms with Crippen LogP contribution in [0, 0.1) is 6.92 Å². The molecule has 2 saturated heterocycles. The maximum Gasteiger partial charge on any atom is 0.267 e. The molecule has 7 nitrogen and oxygen atoms in total. The van der Waals surface area contributed by atoms with E-state index in [1.807, 2.05) is 31.3 Å². The summed E-state index contributed by atoms with van der Waals surface area (Å²) in [6.07, 6.45) is 7.81. The van der Waals surface area contributed by atoms with Crippen LogP contribution in [0.25, 0.3) is 11.7 Å². The first-order valence-corrected chi connectivity index (χ1v) is 15.0. The van der Waals surface area contributed by atoms with Crippen LogP contribution in [0.5, 0.6) is 0 Å². The van der Waals surface area contributed by atoms with Gasteiger partial charge in [-0.05, 0) is 36.6 Å². The van der Waals surface area contributed by atoms with Gasteiger partial charge in [-0.15, -0.1) is 0 Å². The van der Waals surface area contributed by atoms with Crippen molar-refractivity contribution in [3.8, 4) is 0 Å². The number of unbranched alkanes of at least 4 members (excludes halogenated alkanes) is 3. The van der Waals surface area contributed by atoms with Crippen LogP contribution < -0.4 is 10.5 Å². The van der Waals surface area contributed by atoms with Crippen LogP contribution >= 0.6 is 24.0 Å². The van der Waals surface area contributed by atoms with Crippen LogP contribution in [-0.2, 0) is 11.3 Å². The average Bonchev–Trinajstić information content (AvgIpc) is 3.21. The Hall–Kier alpha value is -3.01. The van der Waals surface area contributed by atoms with Gasteiger partial charge in [0.1, 0.15) is 15.8 Å². The Morgan fingerprint density at radius 2 is 1.77 bits per heavy atom. The number of anilines is 1. The number of benzene rings is 1. The summed E-state index contributed by atoms with van der Waals surface area (Å²) in [5.74, 6) is 0.519. The zero-order chi connectivity index (χ0) is 27.4. The minimum absolute atomic E-state index is 0.117. The molecular formula is C30H35N5O2S2. The zero-order valence-corrected chi connectivity index (χ0v) is 24.3. The predicted octanol–water partition coefficient (Wildman–Crippen LogP) is 5.11. The smallest absolute Gasteiger partial charge is 0.267 e. The summed E-state index contributed by atoms with van der Waals surface area (Å²) in [5.41, 5.74) is 3.14. The Morgan fingerprint density at radius 3 is 2.51 bits per heavy atom. The van der Waals surface area contributed by atoms with Crippen molar-refractivity contribution in [2.75, 3.05) is 37.6 Å². The molecule has 0 bridgehead atoms. The molecular weight excluding hydrogens is 526 g/mol. The number of piperazine rings is 1. The number of nitrogens with zero attached hydrogens (tertiary/aromatic N) is 5. The summed E-state index contributed by atoms with van der Waals surface area (Å²) in [5, 5.41) is 0. The number of amides is 1. The second kappa shape index (κ2) is 12.4. The van der Waals surface area contributed by atoms with Gasteiger partial charge in [-0.1, -0.05) is 86.6 Å². The molecule has 0 radical (unpaired) electrons. The first-order chi connectivity index (χ1) is 18.9. The van der Waals surface area contributed by atoms with Crippen molar-refractivity contribution in [2.24, 2.45) is 0 Å². The van der Waals surface area contributed by atoms with E-state index in [2.05, 4.69) is 41.0 Å². The molecule has 204 valence electrons. The van der Waals surface area contributed by atoms with Crippen molar-refractivity contribution in [2.45, 2.75) is 46.1 Å². The average molecular weight is 562 g/mol. The van der Waals surface area contributed by atoms with E-state index in [9.17, 15) is 9.59 Å². The number of pyridine rings is 1. The van der Waals surface area contributed by atoms with E-state index in [1.165, 1.54) is 17.3 Å². The van der Waals surface area contributed by atoms with Crippen LogP contribution in [-0.4, -0.2) is 62.1 Å². The summed E-state index contributed by atoms with van der Waals surface area (Å²) in [4.78, 5) is 38.9. The van der Waals surface area contributed by atoms with Crippen molar-refractivity contribution in [3.05, 3.63) is 80.6 Å². The largest absolute Gasteiger partial charge is 0.353 e. The fourth-order valence-corrected chi connectivity index (χ4v) is 6.38. The van der Waals surface area contributed by atoms with E-state index in [0.29, 0.717) is 32.8 Å². The van der Waals surface area contributed by atoms with Crippen molar-refractivity contribution < 1.29 is 4.79 Å². The highest BCUT2D eigenvalue weighted by Gasteiger charge is 2.33. The molecule has 4 heterocycles. The third-order valence-corrected chi connectivity index (χ3v) is 8.67. The molecule has 0 unspecified atom stereocenters. The van der Waals surface area contributed by atoms with Crippen LogP contribution in [0.4, 0.5) is 5.82 Å². The van der Waals surface area contributed by atoms with Gasteiger partial charge in [0.15, 0.2) is 0 Å². The molecule has 2 aliphatic rings. The highest BCUT2D eigenvalue weighted by Crippen LogP contribution is 2.34. The van der Waals surface area contributed by atoms with Gasteiger partial charge in [0, 0.05) is 45.5 Å². The van der Waals surface area contributed by atoms with Crippen LogP contribution in [0.1, 0.15) is 49.3 Å². The molecule has 0 saturated carbocycles. The molecule has 1 amide bonds. The number of thioether (sulfide) groups is 1. The minimum Gasteiger partial charge on any atom is -0.353 e. The Bertz CT molecular complexity index is 1440. The van der Waals surface area contributed by atoms with Crippen LogP contribution in [0.15, 0.2) is 58.4 Å². The first kappa shape index (κ1) is 27.6. The highest BCUT2D eigenvalue weighted by molar-refractivity contribution is 8.26. The normalized spacial score (nSPS) is 17.6. The maximum atomic E-state index is 13.8. The van der Waals surface area contributed by atoms with Gasteiger partial charge in [0.05, 0.1) is 10.5 Å². The fraction of sp³-hybridized carbons (Fsp3) is 0.400. The summed E-state index contributed by atoms with van der Waals surface area (Å²) in [6, 6.07) is 14.3. The number of aromatic nitrogens is 2. The van der Waals surface area contributed by atoms with Crippen molar-refractivity contribution in [1.82, 2.24) is 19.2 Å². The molecule has 39 heavy (non-hydrogen) atoms. The number of carbonyl (C=O) groups excluding carboxylic acids is 1. The summed E-state index contributed by atoms with van der Waals surface area (Å²) < 4.78 is 2.14. The second-order valence-electron chi connectivity index (χ2n) is 10.2. The first-order valence-electron chi connectivity index (χ1n) is 13.7. The topological polar surface area (TPSA) is 61.2 Å². The Morgan fingerprint density at radius 1 is 1.00 bits per heavy atom. The number of aryl methyl sites for hydroxylation is 1. The van der Waals surface area contributed by atoms with Gasteiger partial charge in [-0.2, -0.15) is 0 Å². The summed E-state index contributed by atoms with van der Waals surface area (Å²) in [7, 11) is 0. The van der Waals surface area contributed by atoms with E-state index in [4.69, 9.17) is 17.2 Å². The van der Waals surface area contributed by atoms with Crippen molar-refractivity contribution in [3.63, 3.8) is 0 Å². The lowest BCUT2D eigenvalue weighted by Crippen LogP contribution is -2.47. The van der Waals surface area contributed by atoms with Crippen LogP contribution in [0.2, 0.25) is 0 Å². The number of fused-ring (bicyclic) bond motifs is 1. The van der Waals surface area contributed by atoms with Gasteiger partial charge < -0.3 is 4.90 Å². The monoisotopic (exact) mass is 561 g/mol. The molecule has 0 aliphatic carbocycles. The molecule has 0 N–H and O–H groups in total. The number of rotatable bonds is 9. The van der Waals surface area contributed by atoms with E-state index in [1.54, 1.807) is 15.4 Å². The molecule has 1 aromatic carbocycles. The van der Waals surface area contributed by atoms with Gasteiger partial charge >= 0.3 is 0 Å². The summed E-state index contributed by atoms with van der Waals surface area (Å²) in [6.45, 7) is 8.87. The van der Waals surface area contributed by atoms with Crippen molar-refractivity contribution >= 4 is 51.7 Å². The molecule has 0 spiro atoms. The van der Waals surface area contributed by atoms with E-state index in [0.717, 1.165) is 64.0 Å². The quantitative estimate of drug-likeness (QED) is 0.205. The predicted molar refractivity (Wildman–Crippen MR) is 164 cm³/mol. The second-order valence-corrected chi connectivity index (χ2v) is 11.9. The summed E-state index contributed by atoms with van der Waals surface area (Å²) >= 11 is 6.83. The molecule has 3 aromatic rings. The Labute approximate surface area is 239 Å². The van der Waals surface area contributed by atoms with E-state index >= 15 is 0 Å². The van der Waals surface area contributed by atoms with Gasteiger partial charge in [-0.25, -0.2) is 4.98 Å². The molecule has 2 aromatic heterocycles. The zero-order valence-electron chi connectivity index (χ0n) is 22.6. The Kier molecular flexibility index (Phi) is 8.79. The number of hydrogen-bond acceptors (Lipinski definition) is 7. The lowest BCUT2D eigenvalue weighted by atomic mass is 10.1. The molecule has 2 fully saturated rings. The number of carbonyl (C=O) groups is 1. The standard InChI is InChI=1S/C30H35N5O2S2/c1-3-4-5-9-14-34-29(37)25(39-30(34)38)19-24-27(31-26-13-12-22(2)20-35(26)28(24)36)33-17-15-32(16-18-33)21-23-10-7-6-8-11-23/h6-8,10-13,19-20H,3-5,9,14-18,21H2,1-2H3/b25-19-. The van der Waals surface area contributed by atoms with Crippen molar-refractivity contribution in [1.29, 1.82) is 0 Å². The number of thiocarbonyl (C=S) groups is 1. The number of hydrogen-bond donors (Lipinski definition) is 0.